The molecule has 3 heterocycles. The molecule has 0 radical (unpaired) electrons. The highest BCUT2D eigenvalue weighted by Gasteiger charge is 2.25. The number of aliphatic carboxylic acids is 2. The van der Waals surface area contributed by atoms with Crippen LogP contribution in [0.25, 0.3) is 0 Å². The van der Waals surface area contributed by atoms with Crippen molar-refractivity contribution in [3.8, 4) is 0 Å². The zero-order valence-electron chi connectivity index (χ0n) is 15.7. The number of nitrogens with zero attached hydrogens (tertiary/aromatic N) is 3. The lowest BCUT2D eigenvalue weighted by atomic mass is 10.2. The van der Waals surface area contributed by atoms with E-state index in [1.807, 2.05) is 0 Å². The van der Waals surface area contributed by atoms with Gasteiger partial charge in [0.1, 0.15) is 10.8 Å². The maximum Gasteiger partial charge on any atom is 0.414 e. The van der Waals surface area contributed by atoms with E-state index >= 15 is 0 Å². The molecule has 2 aliphatic rings. The van der Waals surface area contributed by atoms with E-state index in [4.69, 9.17) is 24.8 Å². The van der Waals surface area contributed by atoms with Crippen LogP contribution in [0.3, 0.4) is 0 Å². The molecule has 1 saturated heterocycles. The number of hydrogen-bond donors (Lipinski definition) is 3. The zero-order chi connectivity index (χ0) is 20.3. The van der Waals surface area contributed by atoms with Gasteiger partial charge in [-0.05, 0) is 32.2 Å². The smallest absolute Gasteiger partial charge is 0.414 e. The summed E-state index contributed by atoms with van der Waals surface area (Å²) in [5.41, 5.74) is 3.36. The number of benzene rings is 1. The number of aryl methyl sites for hydroxylation is 1. The van der Waals surface area contributed by atoms with Crippen molar-refractivity contribution in [3.05, 3.63) is 40.8 Å². The number of thiophene rings is 1. The number of carboxylic acids is 2. The quantitative estimate of drug-likeness (QED) is 0.582. The highest BCUT2D eigenvalue weighted by Crippen LogP contribution is 2.39. The van der Waals surface area contributed by atoms with E-state index in [1.54, 1.807) is 11.3 Å². The third-order valence-corrected chi connectivity index (χ3v) is 5.43. The number of fused-ring (bicyclic) bond motifs is 2. The maximum atomic E-state index is 9.10. The van der Waals surface area contributed by atoms with Crippen LogP contribution in [0.5, 0.6) is 0 Å². The Kier molecular flexibility index (Phi) is 5.96. The molecule has 0 aliphatic carbocycles. The number of aliphatic imine (C=N–C) groups is 1. The SMILES string of the molecule is Cc1cc2c(s1)Nc1ccccc1N=C2N1CCN(C)CC1.O=C(O)C(=O)O. The number of amidine groups is 1. The van der Waals surface area contributed by atoms with Crippen molar-refractivity contribution in [2.75, 3.05) is 38.5 Å². The average Bonchev–Trinajstić information content (AvgIpc) is 2.95. The number of anilines is 2. The van der Waals surface area contributed by atoms with Crippen molar-refractivity contribution >= 4 is 45.5 Å². The van der Waals surface area contributed by atoms with Crippen LogP contribution in [0.15, 0.2) is 35.3 Å². The number of carboxylic acid groups (broad SMARTS) is 2. The summed E-state index contributed by atoms with van der Waals surface area (Å²) in [6.07, 6.45) is 0. The van der Waals surface area contributed by atoms with Crippen LogP contribution in [0.4, 0.5) is 16.4 Å². The fourth-order valence-electron chi connectivity index (χ4n) is 3.01. The Morgan fingerprint density at radius 1 is 1.11 bits per heavy atom. The molecule has 28 heavy (non-hydrogen) atoms. The predicted octanol–water partition coefficient (Wildman–Crippen LogP) is 2.59. The molecule has 148 valence electrons. The molecule has 8 nitrogen and oxygen atoms in total. The van der Waals surface area contributed by atoms with Gasteiger partial charge in [0.2, 0.25) is 0 Å². The Morgan fingerprint density at radius 2 is 1.75 bits per heavy atom. The summed E-state index contributed by atoms with van der Waals surface area (Å²) in [5.74, 6) is -2.53. The summed E-state index contributed by atoms with van der Waals surface area (Å²) >= 11 is 1.81. The van der Waals surface area contributed by atoms with Gasteiger partial charge in [-0.25, -0.2) is 14.6 Å². The van der Waals surface area contributed by atoms with E-state index < -0.39 is 11.9 Å². The van der Waals surface area contributed by atoms with Gasteiger partial charge >= 0.3 is 11.9 Å². The van der Waals surface area contributed by atoms with E-state index in [0.29, 0.717) is 0 Å². The molecule has 2 aromatic rings. The second kappa shape index (κ2) is 8.41. The Labute approximate surface area is 166 Å². The molecule has 4 rings (SSSR count). The first-order chi connectivity index (χ1) is 13.3. The van der Waals surface area contributed by atoms with E-state index in [1.165, 1.54) is 15.4 Å². The Hall–Kier alpha value is -2.91. The van der Waals surface area contributed by atoms with Crippen LogP contribution < -0.4 is 5.32 Å². The lowest BCUT2D eigenvalue weighted by Crippen LogP contribution is -2.47. The summed E-state index contributed by atoms with van der Waals surface area (Å²) in [5, 5.41) is 19.6. The molecule has 2 aliphatic heterocycles. The highest BCUT2D eigenvalue weighted by molar-refractivity contribution is 7.16. The minimum atomic E-state index is -1.82. The van der Waals surface area contributed by atoms with Gasteiger partial charge in [0.25, 0.3) is 0 Å². The topological polar surface area (TPSA) is 105 Å². The number of rotatable bonds is 0. The molecule has 0 spiro atoms. The van der Waals surface area contributed by atoms with Crippen molar-refractivity contribution < 1.29 is 19.8 Å². The fourth-order valence-corrected chi connectivity index (χ4v) is 3.93. The monoisotopic (exact) mass is 402 g/mol. The lowest BCUT2D eigenvalue weighted by molar-refractivity contribution is -0.159. The second-order valence-electron chi connectivity index (χ2n) is 6.58. The average molecular weight is 402 g/mol. The largest absolute Gasteiger partial charge is 0.473 e. The van der Waals surface area contributed by atoms with Gasteiger partial charge in [-0.15, -0.1) is 11.3 Å². The molecule has 3 N–H and O–H groups in total. The molecule has 1 aromatic carbocycles. The third-order valence-electron chi connectivity index (χ3n) is 4.46. The minimum Gasteiger partial charge on any atom is -0.473 e. The van der Waals surface area contributed by atoms with Crippen LogP contribution in [0.1, 0.15) is 10.4 Å². The van der Waals surface area contributed by atoms with E-state index in [-0.39, 0.29) is 0 Å². The Morgan fingerprint density at radius 3 is 2.39 bits per heavy atom. The summed E-state index contributed by atoms with van der Waals surface area (Å²) in [4.78, 5) is 29.3. The normalized spacial score (nSPS) is 15.8. The molecule has 0 bridgehead atoms. The molecule has 1 fully saturated rings. The lowest BCUT2D eigenvalue weighted by Gasteiger charge is -2.34. The van der Waals surface area contributed by atoms with Gasteiger partial charge in [0.05, 0.1) is 16.9 Å². The molecule has 1 aromatic heterocycles. The summed E-state index contributed by atoms with van der Waals surface area (Å²) in [6.45, 7) is 6.41. The van der Waals surface area contributed by atoms with Gasteiger partial charge < -0.3 is 25.3 Å². The first-order valence-electron chi connectivity index (χ1n) is 8.80. The van der Waals surface area contributed by atoms with Crippen molar-refractivity contribution in [1.29, 1.82) is 0 Å². The highest BCUT2D eigenvalue weighted by atomic mass is 32.1. The van der Waals surface area contributed by atoms with Crippen molar-refractivity contribution in [2.24, 2.45) is 4.99 Å². The van der Waals surface area contributed by atoms with Crippen molar-refractivity contribution in [2.45, 2.75) is 6.92 Å². The van der Waals surface area contributed by atoms with Crippen molar-refractivity contribution in [3.63, 3.8) is 0 Å². The molecular formula is C19H22N4O4S. The van der Waals surface area contributed by atoms with E-state index in [2.05, 4.69) is 59.4 Å². The van der Waals surface area contributed by atoms with Crippen LogP contribution in [0, 0.1) is 6.92 Å². The van der Waals surface area contributed by atoms with E-state index in [0.717, 1.165) is 43.4 Å². The van der Waals surface area contributed by atoms with Crippen molar-refractivity contribution in [1.82, 2.24) is 9.80 Å². The van der Waals surface area contributed by atoms with Gasteiger partial charge in [-0.2, -0.15) is 0 Å². The summed E-state index contributed by atoms with van der Waals surface area (Å²) in [6, 6.07) is 10.6. The fraction of sp³-hybridized carbons (Fsp3) is 0.316. The summed E-state index contributed by atoms with van der Waals surface area (Å²) in [7, 11) is 2.18. The summed E-state index contributed by atoms with van der Waals surface area (Å²) < 4.78 is 0. The number of hydrogen-bond acceptors (Lipinski definition) is 7. The number of likely N-dealkylation sites (N-methyl/N-ethyl adjacent to an activating group) is 1. The zero-order valence-corrected chi connectivity index (χ0v) is 16.5. The molecule has 9 heteroatoms. The number of carbonyl (C=O) groups is 2. The molecule has 0 atom stereocenters. The van der Waals surface area contributed by atoms with Crippen LogP contribution in [0.2, 0.25) is 0 Å². The Bertz CT molecular complexity index is 904. The number of nitrogens with one attached hydrogen (secondary N) is 1. The number of para-hydroxylation sites is 2. The standard InChI is InChI=1S/C17H20N4S.C2H2O4/c1-12-11-13-16(21-9-7-20(2)8-10-21)18-14-5-3-4-6-15(14)19-17(13)22-12;3-1(4)2(5)6/h3-6,11,19H,7-10H2,1-2H3;(H,3,4)(H,5,6). The maximum absolute atomic E-state index is 9.10. The van der Waals surface area contributed by atoms with Gasteiger partial charge in [-0.3, -0.25) is 0 Å². The minimum absolute atomic E-state index is 1.03. The molecule has 0 amide bonds. The van der Waals surface area contributed by atoms with Crippen LogP contribution in [-0.4, -0.2) is 71.0 Å². The second-order valence-corrected chi connectivity index (χ2v) is 7.83. The van der Waals surface area contributed by atoms with Crippen LogP contribution in [-0.2, 0) is 9.59 Å². The first kappa shape index (κ1) is 19.8. The molecule has 0 unspecified atom stereocenters. The van der Waals surface area contributed by atoms with Gasteiger partial charge in [-0.1, -0.05) is 12.1 Å². The number of piperazine rings is 1. The molecular weight excluding hydrogens is 380 g/mol. The first-order valence-corrected chi connectivity index (χ1v) is 9.62. The molecule has 0 saturated carbocycles. The van der Waals surface area contributed by atoms with E-state index in [9.17, 15) is 0 Å². The van der Waals surface area contributed by atoms with Crippen LogP contribution >= 0.6 is 11.3 Å². The Balaban J connectivity index is 0.000000330. The third kappa shape index (κ3) is 4.49. The predicted molar refractivity (Wildman–Crippen MR) is 109 cm³/mol. The van der Waals surface area contributed by atoms with Gasteiger partial charge in [0.15, 0.2) is 0 Å². The van der Waals surface area contributed by atoms with Gasteiger partial charge in [0, 0.05) is 31.1 Å².